The molecule has 3 rings (SSSR count). The van der Waals surface area contributed by atoms with Crippen LogP contribution in [0.2, 0.25) is 10.0 Å². The van der Waals surface area contributed by atoms with Crippen LogP contribution < -0.4 is 9.47 Å². The second-order valence-electron chi connectivity index (χ2n) is 4.52. The first-order chi connectivity index (χ1) is 9.62. The number of fused-ring (bicyclic) bond motifs is 2. The SMILES string of the molecule is COc1cc2cc3cc(Cl)c(Cl)cc3cc2cc1OC. The molecule has 0 saturated heterocycles. The molecule has 4 heteroatoms. The summed E-state index contributed by atoms with van der Waals surface area (Å²) < 4.78 is 10.7. The fourth-order valence-corrected chi connectivity index (χ4v) is 2.67. The van der Waals surface area contributed by atoms with E-state index in [0.717, 1.165) is 21.5 Å². The largest absolute Gasteiger partial charge is 0.493 e. The molecule has 0 unspecified atom stereocenters. The molecule has 2 nitrogen and oxygen atoms in total. The van der Waals surface area contributed by atoms with Crippen molar-refractivity contribution < 1.29 is 9.47 Å². The van der Waals surface area contributed by atoms with E-state index < -0.39 is 0 Å². The van der Waals surface area contributed by atoms with E-state index in [2.05, 4.69) is 12.1 Å². The average Bonchev–Trinajstić information content (AvgIpc) is 2.45. The molecule has 0 radical (unpaired) electrons. The molecule has 102 valence electrons. The van der Waals surface area contributed by atoms with Crippen molar-refractivity contribution >= 4 is 44.7 Å². The summed E-state index contributed by atoms with van der Waals surface area (Å²) in [5.41, 5.74) is 0. The van der Waals surface area contributed by atoms with Gasteiger partial charge in [-0.2, -0.15) is 0 Å². The molecule has 0 aliphatic rings. The molecule has 0 saturated carbocycles. The van der Waals surface area contributed by atoms with E-state index in [-0.39, 0.29) is 0 Å². The number of hydrogen-bond donors (Lipinski definition) is 0. The molecule has 3 aromatic rings. The lowest BCUT2D eigenvalue weighted by atomic mass is 10.0. The van der Waals surface area contributed by atoms with Gasteiger partial charge in [0.1, 0.15) is 0 Å². The Balaban J connectivity index is 2.35. The van der Waals surface area contributed by atoms with Gasteiger partial charge in [0.05, 0.1) is 24.3 Å². The number of methoxy groups -OCH3 is 2. The van der Waals surface area contributed by atoms with E-state index >= 15 is 0 Å². The summed E-state index contributed by atoms with van der Waals surface area (Å²) in [6.07, 6.45) is 0. The molecule has 0 fully saturated rings. The third-order valence-electron chi connectivity index (χ3n) is 3.34. The predicted molar refractivity (Wildman–Crippen MR) is 84.6 cm³/mol. The predicted octanol–water partition coefficient (Wildman–Crippen LogP) is 5.32. The number of rotatable bonds is 2. The molecule has 0 bridgehead atoms. The van der Waals surface area contributed by atoms with Gasteiger partial charge in [0, 0.05) is 0 Å². The lowest BCUT2D eigenvalue weighted by Crippen LogP contribution is -1.90. The lowest BCUT2D eigenvalue weighted by Gasteiger charge is -2.10. The van der Waals surface area contributed by atoms with Crippen molar-refractivity contribution in [2.45, 2.75) is 0 Å². The number of halogens is 2. The quantitative estimate of drug-likeness (QED) is 0.597. The van der Waals surface area contributed by atoms with E-state index in [9.17, 15) is 0 Å². The van der Waals surface area contributed by atoms with E-state index in [1.165, 1.54) is 0 Å². The first-order valence-corrected chi connectivity index (χ1v) is 6.82. The van der Waals surface area contributed by atoms with Crippen LogP contribution in [0.3, 0.4) is 0 Å². The van der Waals surface area contributed by atoms with Gasteiger partial charge in [-0.1, -0.05) is 23.2 Å². The van der Waals surface area contributed by atoms with Gasteiger partial charge >= 0.3 is 0 Å². The Morgan fingerprint density at radius 3 is 1.30 bits per heavy atom. The zero-order valence-electron chi connectivity index (χ0n) is 11.0. The van der Waals surface area contributed by atoms with Crippen molar-refractivity contribution in [3.63, 3.8) is 0 Å². The molecule has 0 spiro atoms. The molecule has 0 aliphatic carbocycles. The Bertz CT molecular complexity index is 745. The van der Waals surface area contributed by atoms with Crippen LogP contribution in [0.25, 0.3) is 21.5 Å². The van der Waals surface area contributed by atoms with Crippen molar-refractivity contribution in [2.75, 3.05) is 14.2 Å². The highest BCUT2D eigenvalue weighted by atomic mass is 35.5. The Hall–Kier alpha value is -1.64. The van der Waals surface area contributed by atoms with Crippen LogP contribution in [-0.2, 0) is 0 Å². The van der Waals surface area contributed by atoms with Crippen molar-refractivity contribution in [1.29, 1.82) is 0 Å². The molecule has 20 heavy (non-hydrogen) atoms. The van der Waals surface area contributed by atoms with Crippen LogP contribution in [0.5, 0.6) is 11.5 Å². The Morgan fingerprint density at radius 2 is 0.950 bits per heavy atom. The van der Waals surface area contributed by atoms with E-state index in [4.69, 9.17) is 32.7 Å². The van der Waals surface area contributed by atoms with Gasteiger partial charge in [-0.3, -0.25) is 0 Å². The Kier molecular flexibility index (Phi) is 3.36. The first-order valence-electron chi connectivity index (χ1n) is 6.07. The highest BCUT2D eigenvalue weighted by Crippen LogP contribution is 2.36. The van der Waals surface area contributed by atoms with Crippen molar-refractivity contribution in [2.24, 2.45) is 0 Å². The summed E-state index contributed by atoms with van der Waals surface area (Å²) in [7, 11) is 3.25. The van der Waals surface area contributed by atoms with Crippen LogP contribution in [0.1, 0.15) is 0 Å². The average molecular weight is 307 g/mol. The third-order valence-corrected chi connectivity index (χ3v) is 4.06. The highest BCUT2D eigenvalue weighted by Gasteiger charge is 2.08. The van der Waals surface area contributed by atoms with Gasteiger partial charge in [-0.15, -0.1) is 0 Å². The maximum atomic E-state index is 6.07. The number of ether oxygens (including phenoxy) is 2. The molecule has 0 N–H and O–H groups in total. The summed E-state index contributed by atoms with van der Waals surface area (Å²) in [4.78, 5) is 0. The van der Waals surface area contributed by atoms with Gasteiger partial charge in [0.15, 0.2) is 11.5 Å². The van der Waals surface area contributed by atoms with Gasteiger partial charge in [0.25, 0.3) is 0 Å². The second kappa shape index (κ2) is 5.04. The molecule has 0 aromatic heterocycles. The van der Waals surface area contributed by atoms with Gasteiger partial charge < -0.3 is 9.47 Å². The van der Waals surface area contributed by atoms with Crippen LogP contribution in [-0.4, -0.2) is 14.2 Å². The van der Waals surface area contributed by atoms with E-state index in [1.54, 1.807) is 14.2 Å². The van der Waals surface area contributed by atoms with Gasteiger partial charge in [-0.25, -0.2) is 0 Å². The third kappa shape index (κ3) is 2.15. The van der Waals surface area contributed by atoms with Crippen molar-refractivity contribution in [3.05, 3.63) is 46.4 Å². The standard InChI is InChI=1S/C16H12Cl2O2/c1-19-15-7-11-3-9-5-13(17)14(18)6-10(9)4-12(11)8-16(15)20-2/h3-8H,1-2H3. The monoisotopic (exact) mass is 306 g/mol. The topological polar surface area (TPSA) is 18.5 Å². The molecule has 3 aromatic carbocycles. The van der Waals surface area contributed by atoms with Crippen molar-refractivity contribution in [3.8, 4) is 11.5 Å². The smallest absolute Gasteiger partial charge is 0.161 e. The fourth-order valence-electron chi connectivity index (χ4n) is 2.32. The number of hydrogen-bond acceptors (Lipinski definition) is 2. The van der Waals surface area contributed by atoms with Gasteiger partial charge in [-0.05, 0) is 57.9 Å². The summed E-state index contributed by atoms with van der Waals surface area (Å²) >= 11 is 12.1. The molecular weight excluding hydrogens is 295 g/mol. The van der Waals surface area contributed by atoms with Crippen molar-refractivity contribution in [1.82, 2.24) is 0 Å². The minimum Gasteiger partial charge on any atom is -0.493 e. The maximum Gasteiger partial charge on any atom is 0.161 e. The minimum absolute atomic E-state index is 0.555. The van der Waals surface area contributed by atoms with Crippen LogP contribution >= 0.6 is 23.2 Å². The zero-order valence-corrected chi connectivity index (χ0v) is 12.5. The van der Waals surface area contributed by atoms with Crippen LogP contribution in [0.15, 0.2) is 36.4 Å². The minimum atomic E-state index is 0.555. The second-order valence-corrected chi connectivity index (χ2v) is 5.33. The van der Waals surface area contributed by atoms with Gasteiger partial charge in [0.2, 0.25) is 0 Å². The summed E-state index contributed by atoms with van der Waals surface area (Å²) in [5.74, 6) is 1.42. The molecule has 0 aliphatic heterocycles. The normalized spacial score (nSPS) is 11.0. The molecular formula is C16H12Cl2O2. The Labute approximate surface area is 126 Å². The molecule has 0 heterocycles. The summed E-state index contributed by atoms with van der Waals surface area (Å²) in [5, 5.41) is 5.32. The van der Waals surface area contributed by atoms with E-state index in [0.29, 0.717) is 21.5 Å². The summed E-state index contributed by atoms with van der Waals surface area (Å²) in [6, 6.07) is 11.8. The lowest BCUT2D eigenvalue weighted by molar-refractivity contribution is 0.356. The Morgan fingerprint density at radius 1 is 0.600 bits per heavy atom. The molecule has 0 amide bonds. The fraction of sp³-hybridized carbons (Fsp3) is 0.125. The van der Waals surface area contributed by atoms with E-state index in [1.807, 2.05) is 24.3 Å². The number of benzene rings is 3. The molecule has 0 atom stereocenters. The zero-order chi connectivity index (χ0) is 14.3. The first kappa shape index (κ1) is 13.3. The van der Waals surface area contributed by atoms with Crippen LogP contribution in [0, 0.1) is 0 Å². The highest BCUT2D eigenvalue weighted by molar-refractivity contribution is 6.42. The summed E-state index contributed by atoms with van der Waals surface area (Å²) in [6.45, 7) is 0. The van der Waals surface area contributed by atoms with Crippen LogP contribution in [0.4, 0.5) is 0 Å². The maximum absolute atomic E-state index is 6.07.